The topological polar surface area (TPSA) is 65.4 Å². The Bertz CT molecular complexity index is 1110. The normalized spacial score (nSPS) is 16.0. The number of hydrogen-bond donors (Lipinski definition) is 1. The number of hydrogen-bond acceptors (Lipinski definition) is 4. The molecule has 0 radical (unpaired) electrons. The van der Waals surface area contributed by atoms with E-state index in [1.165, 1.54) is 37.2 Å². The van der Waals surface area contributed by atoms with Gasteiger partial charge in [-0.05, 0) is 36.4 Å². The van der Waals surface area contributed by atoms with Gasteiger partial charge in [0.1, 0.15) is 23.6 Å². The molecule has 6 nitrogen and oxygen atoms in total. The van der Waals surface area contributed by atoms with Crippen molar-refractivity contribution in [3.8, 4) is 17.2 Å². The van der Waals surface area contributed by atoms with Gasteiger partial charge in [-0.2, -0.15) is 13.2 Å². The summed E-state index contributed by atoms with van der Waals surface area (Å²) in [7, 11) is 3.06. The number of carbonyl (C=O) groups excluding carboxylic acids is 1. The van der Waals surface area contributed by atoms with Crippen molar-refractivity contribution < 1.29 is 27.4 Å². The highest BCUT2D eigenvalue weighted by Gasteiger charge is 2.34. The van der Waals surface area contributed by atoms with Crippen molar-refractivity contribution in [3.63, 3.8) is 0 Å². The lowest BCUT2D eigenvalue weighted by molar-refractivity contribution is -0.137. The van der Waals surface area contributed by atoms with E-state index in [4.69, 9.17) is 9.47 Å². The molecule has 2 heterocycles. The van der Waals surface area contributed by atoms with Crippen LogP contribution >= 0.6 is 0 Å². The van der Waals surface area contributed by atoms with Gasteiger partial charge in [0, 0.05) is 23.6 Å². The Kier molecular flexibility index (Phi) is 4.89. The number of amides is 1. The molecule has 0 saturated heterocycles. The maximum Gasteiger partial charge on any atom is 0.416 e. The standard InChI is InChI=1S/C21H18F3N3O3/c1-29-14-6-7-17(30-2)15(9-14)16-10-18(28)26-20-19(16)25-11-27(20)13-5-3-4-12(8-13)21(22,23)24/h3-9,11,16H,10H2,1-2H3,(H,26,28)/t16-/m1/s1. The van der Waals surface area contributed by atoms with Crippen LogP contribution in [-0.2, 0) is 11.0 Å². The number of fused-ring (bicyclic) bond motifs is 1. The van der Waals surface area contributed by atoms with Gasteiger partial charge in [-0.3, -0.25) is 9.36 Å². The first-order valence-electron chi connectivity index (χ1n) is 9.08. The van der Waals surface area contributed by atoms with E-state index in [9.17, 15) is 18.0 Å². The summed E-state index contributed by atoms with van der Waals surface area (Å²) in [6.45, 7) is 0. The number of alkyl halides is 3. The van der Waals surface area contributed by atoms with Crippen LogP contribution in [-0.4, -0.2) is 29.7 Å². The highest BCUT2D eigenvalue weighted by Crippen LogP contribution is 2.42. The molecule has 0 spiro atoms. The second kappa shape index (κ2) is 7.40. The SMILES string of the molecule is COc1ccc(OC)c([C@H]2CC(=O)Nc3c2ncn3-c2cccc(C(F)(F)F)c2)c1. The van der Waals surface area contributed by atoms with Gasteiger partial charge in [-0.15, -0.1) is 0 Å². The number of methoxy groups -OCH3 is 2. The van der Waals surface area contributed by atoms with Gasteiger partial charge in [0.05, 0.1) is 25.5 Å². The molecular weight excluding hydrogens is 399 g/mol. The summed E-state index contributed by atoms with van der Waals surface area (Å²) in [5.74, 6) is 0.781. The average Bonchev–Trinajstić information content (AvgIpc) is 3.16. The fourth-order valence-electron chi connectivity index (χ4n) is 3.60. The number of carbonyl (C=O) groups is 1. The predicted octanol–water partition coefficient (Wildman–Crippen LogP) is 4.38. The molecule has 3 aromatic rings. The summed E-state index contributed by atoms with van der Waals surface area (Å²) in [5.41, 5.74) is 0.716. The van der Waals surface area contributed by atoms with Crippen LogP contribution in [0.2, 0.25) is 0 Å². The van der Waals surface area contributed by atoms with E-state index < -0.39 is 17.7 Å². The zero-order valence-electron chi connectivity index (χ0n) is 16.2. The molecule has 4 rings (SSSR count). The first kappa shape index (κ1) is 19.8. The number of halogens is 3. The molecule has 0 bridgehead atoms. The second-order valence-electron chi connectivity index (χ2n) is 6.81. The molecule has 1 N–H and O–H groups in total. The smallest absolute Gasteiger partial charge is 0.416 e. The van der Waals surface area contributed by atoms with E-state index in [2.05, 4.69) is 10.3 Å². The summed E-state index contributed by atoms with van der Waals surface area (Å²) in [6, 6.07) is 10.1. The third kappa shape index (κ3) is 3.47. The van der Waals surface area contributed by atoms with Crippen LogP contribution in [0.15, 0.2) is 48.8 Å². The molecule has 0 saturated carbocycles. The quantitative estimate of drug-likeness (QED) is 0.684. The molecule has 0 aliphatic carbocycles. The van der Waals surface area contributed by atoms with Crippen LogP contribution in [0.3, 0.4) is 0 Å². The minimum absolute atomic E-state index is 0.121. The molecular formula is C21H18F3N3O3. The third-order valence-electron chi connectivity index (χ3n) is 5.04. The van der Waals surface area contributed by atoms with Crippen molar-refractivity contribution in [3.05, 3.63) is 65.6 Å². The highest BCUT2D eigenvalue weighted by atomic mass is 19.4. The summed E-state index contributed by atoms with van der Waals surface area (Å²) in [5, 5.41) is 2.74. The van der Waals surface area contributed by atoms with Crippen molar-refractivity contribution >= 4 is 11.7 Å². The van der Waals surface area contributed by atoms with E-state index in [-0.39, 0.29) is 18.0 Å². The molecule has 9 heteroatoms. The van der Waals surface area contributed by atoms with Crippen molar-refractivity contribution in [1.82, 2.24) is 9.55 Å². The fourth-order valence-corrected chi connectivity index (χ4v) is 3.60. The first-order chi connectivity index (χ1) is 14.3. The minimum Gasteiger partial charge on any atom is -0.497 e. The van der Waals surface area contributed by atoms with Crippen molar-refractivity contribution in [1.29, 1.82) is 0 Å². The van der Waals surface area contributed by atoms with Gasteiger partial charge in [-0.25, -0.2) is 4.98 Å². The Morgan fingerprint density at radius 1 is 1.13 bits per heavy atom. The molecule has 2 aromatic carbocycles. The third-order valence-corrected chi connectivity index (χ3v) is 5.04. The highest BCUT2D eigenvalue weighted by molar-refractivity contribution is 5.94. The Morgan fingerprint density at radius 3 is 2.63 bits per heavy atom. The number of rotatable bonds is 4. The zero-order valence-corrected chi connectivity index (χ0v) is 16.2. The van der Waals surface area contributed by atoms with Gasteiger partial charge in [0.25, 0.3) is 0 Å². The second-order valence-corrected chi connectivity index (χ2v) is 6.81. The van der Waals surface area contributed by atoms with Gasteiger partial charge < -0.3 is 14.8 Å². The van der Waals surface area contributed by atoms with Crippen molar-refractivity contribution in [2.24, 2.45) is 0 Å². The Morgan fingerprint density at radius 2 is 1.93 bits per heavy atom. The number of nitrogens with zero attached hydrogens (tertiary/aromatic N) is 2. The van der Waals surface area contributed by atoms with Gasteiger partial charge in [0.15, 0.2) is 0 Å². The van der Waals surface area contributed by atoms with Crippen LogP contribution in [0.25, 0.3) is 5.69 Å². The van der Waals surface area contributed by atoms with E-state index >= 15 is 0 Å². The Balaban J connectivity index is 1.83. The Labute approximate surface area is 170 Å². The average molecular weight is 417 g/mol. The number of ether oxygens (including phenoxy) is 2. The van der Waals surface area contributed by atoms with Crippen LogP contribution in [0, 0.1) is 0 Å². The lowest BCUT2D eigenvalue weighted by atomic mass is 9.89. The van der Waals surface area contributed by atoms with E-state index in [1.54, 1.807) is 18.2 Å². The predicted molar refractivity (Wildman–Crippen MR) is 103 cm³/mol. The molecule has 1 aliphatic heterocycles. The van der Waals surface area contributed by atoms with E-state index in [1.807, 2.05) is 0 Å². The number of anilines is 1. The molecule has 30 heavy (non-hydrogen) atoms. The van der Waals surface area contributed by atoms with Crippen LogP contribution in [0.5, 0.6) is 11.5 Å². The van der Waals surface area contributed by atoms with Crippen LogP contribution in [0.1, 0.15) is 29.2 Å². The maximum atomic E-state index is 13.1. The lowest BCUT2D eigenvalue weighted by Gasteiger charge is -2.25. The molecule has 0 fully saturated rings. The number of imidazole rings is 1. The maximum absolute atomic E-state index is 13.1. The fraction of sp³-hybridized carbons (Fsp3) is 0.238. The van der Waals surface area contributed by atoms with Crippen LogP contribution < -0.4 is 14.8 Å². The molecule has 0 unspecified atom stereocenters. The first-order valence-corrected chi connectivity index (χ1v) is 9.08. The molecule has 1 aliphatic rings. The van der Waals surface area contributed by atoms with Gasteiger partial charge in [0.2, 0.25) is 5.91 Å². The summed E-state index contributed by atoms with van der Waals surface area (Å²) in [6.07, 6.45) is -2.95. The number of benzene rings is 2. The van der Waals surface area contributed by atoms with Crippen molar-refractivity contribution in [2.45, 2.75) is 18.5 Å². The zero-order chi connectivity index (χ0) is 21.5. The Hall–Kier alpha value is -3.49. The van der Waals surface area contributed by atoms with E-state index in [0.29, 0.717) is 28.6 Å². The summed E-state index contributed by atoms with van der Waals surface area (Å²) in [4.78, 5) is 16.9. The molecule has 1 atom stereocenters. The minimum atomic E-state index is -4.48. The van der Waals surface area contributed by atoms with E-state index in [0.717, 1.165) is 12.1 Å². The van der Waals surface area contributed by atoms with Crippen molar-refractivity contribution in [2.75, 3.05) is 19.5 Å². The van der Waals surface area contributed by atoms with Crippen LogP contribution in [0.4, 0.5) is 19.0 Å². The lowest BCUT2D eigenvalue weighted by Crippen LogP contribution is -2.25. The summed E-state index contributed by atoms with van der Waals surface area (Å²) < 4.78 is 51.6. The molecule has 1 aromatic heterocycles. The van der Waals surface area contributed by atoms with Gasteiger partial charge in [-0.1, -0.05) is 6.07 Å². The monoisotopic (exact) mass is 417 g/mol. The van der Waals surface area contributed by atoms with Gasteiger partial charge >= 0.3 is 6.18 Å². The number of nitrogens with one attached hydrogen (secondary N) is 1. The summed E-state index contributed by atoms with van der Waals surface area (Å²) >= 11 is 0. The number of aromatic nitrogens is 2. The largest absolute Gasteiger partial charge is 0.497 e. The molecule has 156 valence electrons. The molecule has 1 amide bonds.